The zero-order valence-electron chi connectivity index (χ0n) is 17.8. The molecule has 8 heteroatoms. The van der Waals surface area contributed by atoms with Crippen LogP contribution in [0.5, 0.6) is 5.88 Å². The normalized spacial score (nSPS) is 19.0. The summed E-state index contributed by atoms with van der Waals surface area (Å²) in [4.78, 5) is 39.1. The van der Waals surface area contributed by atoms with E-state index in [0.29, 0.717) is 18.4 Å². The predicted molar refractivity (Wildman–Crippen MR) is 113 cm³/mol. The van der Waals surface area contributed by atoms with Gasteiger partial charge in [0.2, 0.25) is 11.8 Å². The SMILES string of the molecule is CC(C)COc1cnc(C(=O)Cc2cccc(C3(C)CC(=O)N(C)C(N)=N3)c2)cn1. The molecule has 1 amide bonds. The minimum atomic E-state index is -0.762. The van der Waals surface area contributed by atoms with Gasteiger partial charge in [-0.1, -0.05) is 38.1 Å². The number of rotatable bonds is 7. The summed E-state index contributed by atoms with van der Waals surface area (Å²) in [6, 6.07) is 7.50. The summed E-state index contributed by atoms with van der Waals surface area (Å²) in [6.45, 7) is 6.49. The summed E-state index contributed by atoms with van der Waals surface area (Å²) >= 11 is 0. The summed E-state index contributed by atoms with van der Waals surface area (Å²) in [5, 5.41) is 0. The van der Waals surface area contributed by atoms with Crippen LogP contribution in [-0.4, -0.2) is 46.2 Å². The minimum absolute atomic E-state index is 0.0958. The van der Waals surface area contributed by atoms with Gasteiger partial charge in [-0.3, -0.25) is 14.5 Å². The number of benzene rings is 1. The molecule has 8 nitrogen and oxygen atoms in total. The van der Waals surface area contributed by atoms with Crippen molar-refractivity contribution in [3.05, 3.63) is 53.5 Å². The average Bonchev–Trinajstić information content (AvgIpc) is 2.71. The van der Waals surface area contributed by atoms with Crippen molar-refractivity contribution in [1.29, 1.82) is 0 Å². The van der Waals surface area contributed by atoms with E-state index < -0.39 is 5.54 Å². The summed E-state index contributed by atoms with van der Waals surface area (Å²) in [5.74, 6) is 0.717. The first kappa shape index (κ1) is 21.4. The number of hydrogen-bond acceptors (Lipinski definition) is 7. The number of amides is 1. The number of hydrogen-bond donors (Lipinski definition) is 1. The number of ether oxygens (including phenoxy) is 1. The van der Waals surface area contributed by atoms with Crippen LogP contribution in [0.15, 0.2) is 41.7 Å². The van der Waals surface area contributed by atoms with E-state index in [-0.39, 0.29) is 36.2 Å². The van der Waals surface area contributed by atoms with Crippen molar-refractivity contribution >= 4 is 17.6 Å². The Labute approximate surface area is 176 Å². The van der Waals surface area contributed by atoms with Crippen LogP contribution in [0.1, 0.15) is 48.8 Å². The highest BCUT2D eigenvalue weighted by Gasteiger charge is 2.36. The molecule has 0 saturated heterocycles. The Kier molecular flexibility index (Phi) is 6.14. The number of guanidine groups is 1. The Morgan fingerprint density at radius 3 is 2.70 bits per heavy atom. The van der Waals surface area contributed by atoms with Crippen LogP contribution in [0.2, 0.25) is 0 Å². The number of ketones is 1. The molecule has 0 radical (unpaired) electrons. The molecule has 2 heterocycles. The van der Waals surface area contributed by atoms with Gasteiger partial charge in [0.1, 0.15) is 5.69 Å². The molecule has 1 unspecified atom stereocenters. The van der Waals surface area contributed by atoms with Crippen LogP contribution in [0.25, 0.3) is 0 Å². The lowest BCUT2D eigenvalue weighted by Gasteiger charge is -2.33. The van der Waals surface area contributed by atoms with Gasteiger partial charge in [0.15, 0.2) is 11.7 Å². The average molecular weight is 409 g/mol. The zero-order chi connectivity index (χ0) is 21.9. The molecule has 0 fully saturated rings. The van der Waals surface area contributed by atoms with E-state index in [9.17, 15) is 9.59 Å². The molecule has 30 heavy (non-hydrogen) atoms. The van der Waals surface area contributed by atoms with Crippen LogP contribution in [0, 0.1) is 5.92 Å². The van der Waals surface area contributed by atoms with E-state index in [2.05, 4.69) is 15.0 Å². The zero-order valence-corrected chi connectivity index (χ0v) is 17.8. The Hall–Kier alpha value is -3.29. The molecule has 0 saturated carbocycles. The molecule has 158 valence electrons. The van der Waals surface area contributed by atoms with Gasteiger partial charge in [0.25, 0.3) is 0 Å². The highest BCUT2D eigenvalue weighted by atomic mass is 16.5. The highest BCUT2D eigenvalue weighted by molar-refractivity contribution is 5.99. The first-order valence-electron chi connectivity index (χ1n) is 9.87. The summed E-state index contributed by atoms with van der Waals surface area (Å²) in [5.41, 5.74) is 7.06. The number of aliphatic imine (C=N–C) groups is 1. The number of nitrogens with zero attached hydrogens (tertiary/aromatic N) is 4. The quantitative estimate of drug-likeness (QED) is 0.703. The van der Waals surface area contributed by atoms with Crippen LogP contribution in [0.4, 0.5) is 0 Å². The van der Waals surface area contributed by atoms with E-state index in [0.717, 1.165) is 11.1 Å². The molecule has 1 aromatic carbocycles. The van der Waals surface area contributed by atoms with Crippen molar-refractivity contribution < 1.29 is 14.3 Å². The molecule has 3 rings (SSSR count). The molecule has 2 aromatic rings. The van der Waals surface area contributed by atoms with E-state index in [1.807, 2.05) is 45.0 Å². The van der Waals surface area contributed by atoms with E-state index >= 15 is 0 Å². The Bertz CT molecular complexity index is 971. The van der Waals surface area contributed by atoms with Crippen LogP contribution in [0.3, 0.4) is 0 Å². The fourth-order valence-corrected chi connectivity index (χ4v) is 3.15. The summed E-state index contributed by atoms with van der Waals surface area (Å²) in [7, 11) is 1.61. The standard InChI is InChI=1S/C22H27N5O3/c1-14(2)13-30-19-12-24-17(11-25-19)18(28)9-15-6-5-7-16(8-15)22(3)10-20(29)27(4)21(23)26-22/h5-8,11-12,14H,9-10,13H2,1-4H3,(H2,23,26). The fourth-order valence-electron chi connectivity index (χ4n) is 3.15. The smallest absolute Gasteiger partial charge is 0.232 e. The number of carbonyl (C=O) groups excluding carboxylic acids is 2. The molecule has 1 aromatic heterocycles. The van der Waals surface area contributed by atoms with Crippen LogP contribution >= 0.6 is 0 Å². The Morgan fingerprint density at radius 2 is 2.07 bits per heavy atom. The Morgan fingerprint density at radius 1 is 1.30 bits per heavy atom. The molecule has 0 bridgehead atoms. The number of aromatic nitrogens is 2. The highest BCUT2D eigenvalue weighted by Crippen LogP contribution is 2.33. The van der Waals surface area contributed by atoms with Crippen molar-refractivity contribution in [3.63, 3.8) is 0 Å². The van der Waals surface area contributed by atoms with E-state index in [1.54, 1.807) is 7.05 Å². The molecule has 1 aliphatic rings. The third-order valence-corrected chi connectivity index (χ3v) is 4.97. The molecule has 0 spiro atoms. The van der Waals surface area contributed by atoms with Gasteiger partial charge in [0.05, 0.1) is 31.0 Å². The predicted octanol–water partition coefficient (Wildman–Crippen LogP) is 2.33. The lowest BCUT2D eigenvalue weighted by Crippen LogP contribution is -2.47. The van der Waals surface area contributed by atoms with Crippen LogP contribution < -0.4 is 10.5 Å². The number of nitrogens with two attached hydrogens (primary N) is 1. The van der Waals surface area contributed by atoms with Gasteiger partial charge in [0, 0.05) is 13.5 Å². The lowest BCUT2D eigenvalue weighted by atomic mass is 9.86. The van der Waals surface area contributed by atoms with Gasteiger partial charge in [-0.25, -0.2) is 15.0 Å². The van der Waals surface area contributed by atoms with E-state index in [4.69, 9.17) is 10.5 Å². The second-order valence-corrected chi connectivity index (χ2v) is 8.12. The van der Waals surface area contributed by atoms with Gasteiger partial charge >= 0.3 is 0 Å². The molecule has 0 aliphatic carbocycles. The maximum atomic E-state index is 12.7. The second kappa shape index (κ2) is 8.61. The first-order valence-corrected chi connectivity index (χ1v) is 9.87. The molecule has 1 atom stereocenters. The second-order valence-electron chi connectivity index (χ2n) is 8.12. The molecule has 2 N–H and O–H groups in total. The first-order chi connectivity index (χ1) is 14.2. The summed E-state index contributed by atoms with van der Waals surface area (Å²) < 4.78 is 5.50. The van der Waals surface area contributed by atoms with Gasteiger partial charge in [-0.2, -0.15) is 0 Å². The van der Waals surface area contributed by atoms with Gasteiger partial charge < -0.3 is 10.5 Å². The van der Waals surface area contributed by atoms with Crippen molar-refractivity contribution in [2.75, 3.05) is 13.7 Å². The van der Waals surface area contributed by atoms with Crippen LogP contribution in [-0.2, 0) is 16.8 Å². The molecule has 1 aliphatic heterocycles. The Balaban J connectivity index is 1.74. The fraction of sp³-hybridized carbons (Fsp3) is 0.409. The van der Waals surface area contributed by atoms with Gasteiger partial charge in [-0.05, 0) is 24.0 Å². The third-order valence-electron chi connectivity index (χ3n) is 4.97. The lowest BCUT2D eigenvalue weighted by molar-refractivity contribution is -0.128. The summed E-state index contributed by atoms with van der Waals surface area (Å²) in [6.07, 6.45) is 3.28. The number of Topliss-reactive ketones (excluding diaryl/α,β-unsaturated/α-hetero) is 1. The number of carbonyl (C=O) groups is 2. The van der Waals surface area contributed by atoms with Gasteiger partial charge in [-0.15, -0.1) is 0 Å². The van der Waals surface area contributed by atoms with Crippen molar-refractivity contribution in [2.24, 2.45) is 16.6 Å². The molecular formula is C22H27N5O3. The van der Waals surface area contributed by atoms with E-state index in [1.165, 1.54) is 17.3 Å². The largest absolute Gasteiger partial charge is 0.476 e. The maximum absolute atomic E-state index is 12.7. The monoisotopic (exact) mass is 409 g/mol. The maximum Gasteiger partial charge on any atom is 0.232 e. The topological polar surface area (TPSA) is 111 Å². The van der Waals surface area contributed by atoms with Crippen molar-refractivity contribution in [2.45, 2.75) is 39.2 Å². The minimum Gasteiger partial charge on any atom is -0.476 e. The molecular weight excluding hydrogens is 382 g/mol. The third kappa shape index (κ3) is 4.82. The van der Waals surface area contributed by atoms with Crippen molar-refractivity contribution in [3.8, 4) is 5.88 Å². The van der Waals surface area contributed by atoms with Crippen molar-refractivity contribution in [1.82, 2.24) is 14.9 Å².